The van der Waals surface area contributed by atoms with Crippen molar-refractivity contribution < 1.29 is 23.6 Å². The molecule has 5 rings (SSSR count). The SMILES string of the molecule is Cc1cc(NC(=O)COC(=O)c2cc(-c3ccc(OCc4ccccc4)cc3)nc3ccccc23)no1. The maximum atomic E-state index is 13.0. The molecule has 5 aromatic rings. The maximum absolute atomic E-state index is 13.0. The van der Waals surface area contributed by atoms with E-state index in [1.54, 1.807) is 25.1 Å². The summed E-state index contributed by atoms with van der Waals surface area (Å²) < 4.78 is 16.1. The summed E-state index contributed by atoms with van der Waals surface area (Å²) in [5.41, 5.74) is 3.44. The Morgan fingerprint density at radius 1 is 0.919 bits per heavy atom. The summed E-state index contributed by atoms with van der Waals surface area (Å²) in [5, 5.41) is 6.85. The molecule has 1 N–H and O–H groups in total. The van der Waals surface area contributed by atoms with Crippen LogP contribution in [0.3, 0.4) is 0 Å². The number of fused-ring (bicyclic) bond motifs is 1. The molecule has 2 heterocycles. The predicted molar refractivity (Wildman–Crippen MR) is 138 cm³/mol. The molecule has 0 saturated heterocycles. The highest BCUT2D eigenvalue weighted by Crippen LogP contribution is 2.27. The van der Waals surface area contributed by atoms with Crippen LogP contribution < -0.4 is 10.1 Å². The Bertz CT molecular complexity index is 1550. The van der Waals surface area contributed by atoms with E-state index < -0.39 is 18.5 Å². The fraction of sp³-hybridized carbons (Fsp3) is 0.103. The second-order valence-electron chi connectivity index (χ2n) is 8.32. The van der Waals surface area contributed by atoms with Gasteiger partial charge in [0.2, 0.25) is 0 Å². The number of aromatic nitrogens is 2. The molecule has 3 aromatic carbocycles. The molecule has 0 aliphatic heterocycles. The lowest BCUT2D eigenvalue weighted by atomic mass is 10.0. The van der Waals surface area contributed by atoms with Crippen molar-refractivity contribution in [3.8, 4) is 17.0 Å². The first-order valence-corrected chi connectivity index (χ1v) is 11.6. The standard InChI is InChI=1S/C29H23N3O5/c1-19-15-27(32-37-19)31-28(33)18-36-29(34)24-16-26(30-25-10-6-5-9-23(24)25)21-11-13-22(14-12-21)35-17-20-7-3-2-4-8-20/h2-16H,17-18H2,1H3,(H,31,32,33). The number of amides is 1. The van der Waals surface area contributed by atoms with E-state index in [4.69, 9.17) is 19.0 Å². The van der Waals surface area contributed by atoms with Crippen molar-refractivity contribution >= 4 is 28.6 Å². The first-order chi connectivity index (χ1) is 18.0. The highest BCUT2D eigenvalue weighted by atomic mass is 16.5. The molecule has 184 valence electrons. The minimum atomic E-state index is -0.630. The zero-order valence-corrected chi connectivity index (χ0v) is 20.0. The number of para-hydroxylation sites is 1. The summed E-state index contributed by atoms with van der Waals surface area (Å²) in [6.45, 7) is 1.71. The molecule has 8 heteroatoms. The number of anilines is 1. The van der Waals surface area contributed by atoms with Crippen molar-refractivity contribution in [2.45, 2.75) is 13.5 Å². The first kappa shape index (κ1) is 23.7. The number of aryl methyl sites for hydroxylation is 1. The molecule has 8 nitrogen and oxygen atoms in total. The number of carbonyl (C=O) groups is 2. The molecule has 0 unspecified atom stereocenters. The van der Waals surface area contributed by atoms with Crippen LogP contribution in [0.5, 0.6) is 5.75 Å². The summed E-state index contributed by atoms with van der Waals surface area (Å²) in [6.07, 6.45) is 0. The molecule has 0 radical (unpaired) electrons. The maximum Gasteiger partial charge on any atom is 0.339 e. The van der Waals surface area contributed by atoms with Crippen molar-refractivity contribution in [1.29, 1.82) is 0 Å². The van der Waals surface area contributed by atoms with Crippen LogP contribution in [0.15, 0.2) is 95.5 Å². The van der Waals surface area contributed by atoms with Gasteiger partial charge in [-0.25, -0.2) is 9.78 Å². The van der Waals surface area contributed by atoms with E-state index >= 15 is 0 Å². The molecule has 2 aromatic heterocycles. The van der Waals surface area contributed by atoms with Crippen LogP contribution in [0, 0.1) is 6.92 Å². The molecule has 1 amide bonds. The topological polar surface area (TPSA) is 104 Å². The number of nitrogens with one attached hydrogen (secondary N) is 1. The number of esters is 1. The predicted octanol–water partition coefficient (Wildman–Crippen LogP) is 5.57. The van der Waals surface area contributed by atoms with E-state index in [0.717, 1.165) is 16.9 Å². The molecule has 0 fully saturated rings. The van der Waals surface area contributed by atoms with Gasteiger partial charge in [0.1, 0.15) is 18.1 Å². The van der Waals surface area contributed by atoms with E-state index in [1.165, 1.54) is 0 Å². The van der Waals surface area contributed by atoms with Crippen molar-refractivity contribution in [2.75, 3.05) is 11.9 Å². The number of benzene rings is 3. The van der Waals surface area contributed by atoms with Gasteiger partial charge in [0, 0.05) is 17.0 Å². The summed E-state index contributed by atoms with van der Waals surface area (Å²) in [4.78, 5) is 29.9. The highest BCUT2D eigenvalue weighted by molar-refractivity contribution is 6.05. The zero-order valence-electron chi connectivity index (χ0n) is 20.0. The molecular weight excluding hydrogens is 470 g/mol. The van der Waals surface area contributed by atoms with Gasteiger partial charge < -0.3 is 19.3 Å². The third-order valence-electron chi connectivity index (χ3n) is 5.56. The quantitative estimate of drug-likeness (QED) is 0.282. The highest BCUT2D eigenvalue weighted by Gasteiger charge is 2.17. The lowest BCUT2D eigenvalue weighted by molar-refractivity contribution is -0.119. The van der Waals surface area contributed by atoms with E-state index in [1.807, 2.05) is 72.8 Å². The number of hydrogen-bond donors (Lipinski definition) is 1. The Morgan fingerprint density at radius 2 is 1.68 bits per heavy atom. The second-order valence-corrected chi connectivity index (χ2v) is 8.32. The van der Waals surface area contributed by atoms with Crippen LogP contribution in [0.25, 0.3) is 22.2 Å². The van der Waals surface area contributed by atoms with Gasteiger partial charge in [-0.1, -0.05) is 53.7 Å². The largest absolute Gasteiger partial charge is 0.489 e. The Hall–Kier alpha value is -4.98. The van der Waals surface area contributed by atoms with Gasteiger partial charge in [0.15, 0.2) is 12.4 Å². The van der Waals surface area contributed by atoms with Crippen LogP contribution in [0.1, 0.15) is 21.7 Å². The summed E-state index contributed by atoms with van der Waals surface area (Å²) in [7, 11) is 0. The van der Waals surface area contributed by atoms with Crippen LogP contribution in [0.2, 0.25) is 0 Å². The number of pyridine rings is 1. The van der Waals surface area contributed by atoms with Crippen molar-refractivity contribution in [1.82, 2.24) is 10.1 Å². The van der Waals surface area contributed by atoms with Gasteiger partial charge in [-0.3, -0.25) is 4.79 Å². The van der Waals surface area contributed by atoms with Crippen LogP contribution in [-0.2, 0) is 16.1 Å². The number of nitrogens with zero attached hydrogens (tertiary/aromatic N) is 2. The van der Waals surface area contributed by atoms with Crippen LogP contribution >= 0.6 is 0 Å². The van der Waals surface area contributed by atoms with Gasteiger partial charge in [-0.05, 0) is 48.9 Å². The fourth-order valence-corrected chi connectivity index (χ4v) is 3.77. The minimum absolute atomic E-state index is 0.256. The fourth-order valence-electron chi connectivity index (χ4n) is 3.77. The summed E-state index contributed by atoms with van der Waals surface area (Å²) in [6, 6.07) is 28.0. The van der Waals surface area contributed by atoms with E-state index in [9.17, 15) is 9.59 Å². The van der Waals surface area contributed by atoms with Gasteiger partial charge in [0.05, 0.1) is 16.8 Å². The van der Waals surface area contributed by atoms with E-state index in [-0.39, 0.29) is 5.82 Å². The van der Waals surface area contributed by atoms with Gasteiger partial charge >= 0.3 is 5.97 Å². The van der Waals surface area contributed by atoms with Crippen LogP contribution in [0.4, 0.5) is 5.82 Å². The average Bonchev–Trinajstić information content (AvgIpc) is 3.35. The molecule has 0 atom stereocenters. The average molecular weight is 494 g/mol. The molecular formula is C29H23N3O5. The number of carbonyl (C=O) groups excluding carboxylic acids is 2. The molecule has 0 spiro atoms. The monoisotopic (exact) mass is 493 g/mol. The zero-order chi connectivity index (χ0) is 25.6. The molecule has 0 bridgehead atoms. The Labute approximate surface area is 212 Å². The molecule has 0 saturated carbocycles. The third-order valence-corrected chi connectivity index (χ3v) is 5.56. The third kappa shape index (κ3) is 5.82. The summed E-state index contributed by atoms with van der Waals surface area (Å²) in [5.74, 6) is 0.382. The smallest absolute Gasteiger partial charge is 0.339 e. The Balaban J connectivity index is 1.32. The van der Waals surface area contributed by atoms with Crippen LogP contribution in [-0.4, -0.2) is 28.6 Å². The molecule has 0 aliphatic carbocycles. The lowest BCUT2D eigenvalue weighted by Crippen LogP contribution is -2.21. The molecule has 0 aliphatic rings. The normalized spacial score (nSPS) is 10.7. The van der Waals surface area contributed by atoms with E-state index in [0.29, 0.717) is 34.5 Å². The lowest BCUT2D eigenvalue weighted by Gasteiger charge is -2.11. The van der Waals surface area contributed by atoms with Gasteiger partial charge in [-0.2, -0.15) is 0 Å². The number of rotatable bonds is 8. The number of ether oxygens (including phenoxy) is 2. The number of hydrogen-bond acceptors (Lipinski definition) is 7. The van der Waals surface area contributed by atoms with Crippen molar-refractivity contribution in [2.24, 2.45) is 0 Å². The van der Waals surface area contributed by atoms with Gasteiger partial charge in [0.25, 0.3) is 5.91 Å². The minimum Gasteiger partial charge on any atom is -0.489 e. The Morgan fingerprint density at radius 3 is 2.43 bits per heavy atom. The molecule has 37 heavy (non-hydrogen) atoms. The second kappa shape index (κ2) is 10.7. The summed E-state index contributed by atoms with van der Waals surface area (Å²) >= 11 is 0. The first-order valence-electron chi connectivity index (χ1n) is 11.6. The van der Waals surface area contributed by atoms with Crippen molar-refractivity contribution in [3.63, 3.8) is 0 Å². The Kier molecular flexibility index (Phi) is 6.89. The van der Waals surface area contributed by atoms with Crippen molar-refractivity contribution in [3.05, 3.63) is 108 Å². The van der Waals surface area contributed by atoms with Gasteiger partial charge in [-0.15, -0.1) is 0 Å². The van der Waals surface area contributed by atoms with E-state index in [2.05, 4.69) is 10.5 Å².